The third kappa shape index (κ3) is 2.45. The van der Waals surface area contributed by atoms with E-state index in [1.165, 1.54) is 19.0 Å². The van der Waals surface area contributed by atoms with Crippen molar-refractivity contribution in [3.05, 3.63) is 0 Å². The summed E-state index contributed by atoms with van der Waals surface area (Å²) in [5.74, 6) is 0. The summed E-state index contributed by atoms with van der Waals surface area (Å²) in [6.45, 7) is 0. The zero-order chi connectivity index (χ0) is 9.02. The van der Waals surface area contributed by atoms with Crippen molar-refractivity contribution in [1.82, 2.24) is 15.1 Å². The molecular formula is C6H13N3O2. The first-order chi connectivity index (χ1) is 5.00. The summed E-state index contributed by atoms with van der Waals surface area (Å²) in [6.07, 6.45) is 0. The standard InChI is InChI=1S/C6H13N3O2/c1-7-5(10)9(4)6(11)8(2)3/h1-4H3,(H,7,10). The van der Waals surface area contributed by atoms with E-state index in [0.717, 1.165) is 4.90 Å². The van der Waals surface area contributed by atoms with Gasteiger partial charge in [0, 0.05) is 28.2 Å². The van der Waals surface area contributed by atoms with E-state index < -0.39 is 6.03 Å². The Hall–Kier alpha value is -1.26. The lowest BCUT2D eigenvalue weighted by Gasteiger charge is -2.19. The Morgan fingerprint density at radius 2 is 1.64 bits per heavy atom. The fraction of sp³-hybridized carbons (Fsp3) is 0.667. The van der Waals surface area contributed by atoms with Gasteiger partial charge >= 0.3 is 12.1 Å². The van der Waals surface area contributed by atoms with Crippen LogP contribution in [0.15, 0.2) is 0 Å². The minimum atomic E-state index is -0.413. The monoisotopic (exact) mass is 159 g/mol. The van der Waals surface area contributed by atoms with Gasteiger partial charge in [-0.15, -0.1) is 0 Å². The second kappa shape index (κ2) is 3.80. The van der Waals surface area contributed by atoms with Gasteiger partial charge in [-0.05, 0) is 0 Å². The molecule has 0 aromatic heterocycles. The lowest BCUT2D eigenvalue weighted by molar-refractivity contribution is 0.177. The van der Waals surface area contributed by atoms with Gasteiger partial charge in [-0.25, -0.2) is 14.5 Å². The van der Waals surface area contributed by atoms with Gasteiger partial charge < -0.3 is 10.2 Å². The number of nitrogens with one attached hydrogen (secondary N) is 1. The highest BCUT2D eigenvalue weighted by atomic mass is 16.2. The lowest BCUT2D eigenvalue weighted by atomic mass is 10.7. The molecule has 0 unspecified atom stereocenters. The molecule has 0 aliphatic rings. The molecule has 0 rings (SSSR count). The molecule has 4 amide bonds. The average molecular weight is 159 g/mol. The Labute approximate surface area is 66.0 Å². The van der Waals surface area contributed by atoms with Crippen molar-refractivity contribution in [3.8, 4) is 0 Å². The molecule has 0 aliphatic carbocycles. The topological polar surface area (TPSA) is 52.7 Å². The highest BCUT2D eigenvalue weighted by molar-refractivity contribution is 5.92. The summed E-state index contributed by atoms with van der Waals surface area (Å²) < 4.78 is 0. The first kappa shape index (κ1) is 9.74. The summed E-state index contributed by atoms with van der Waals surface area (Å²) in [4.78, 5) is 24.2. The number of carbonyl (C=O) groups excluding carboxylic acids is 2. The summed E-state index contributed by atoms with van der Waals surface area (Å²) in [5.41, 5.74) is 0. The molecule has 0 atom stereocenters. The van der Waals surface area contributed by atoms with Gasteiger partial charge in [-0.2, -0.15) is 0 Å². The van der Waals surface area contributed by atoms with Gasteiger partial charge in [0.1, 0.15) is 0 Å². The second-order valence-electron chi connectivity index (χ2n) is 2.29. The summed E-state index contributed by atoms with van der Waals surface area (Å²) >= 11 is 0. The SMILES string of the molecule is CNC(=O)N(C)C(=O)N(C)C. The van der Waals surface area contributed by atoms with E-state index in [2.05, 4.69) is 5.32 Å². The zero-order valence-electron chi connectivity index (χ0n) is 7.21. The van der Waals surface area contributed by atoms with Crippen LogP contribution in [-0.2, 0) is 0 Å². The lowest BCUT2D eigenvalue weighted by Crippen LogP contribution is -2.44. The minimum absolute atomic E-state index is 0.343. The van der Waals surface area contributed by atoms with Crippen molar-refractivity contribution in [2.24, 2.45) is 0 Å². The number of hydrogen-bond donors (Lipinski definition) is 1. The highest BCUT2D eigenvalue weighted by Crippen LogP contribution is 1.90. The van der Waals surface area contributed by atoms with Crippen LogP contribution in [0.1, 0.15) is 0 Å². The Kier molecular flexibility index (Phi) is 3.36. The van der Waals surface area contributed by atoms with E-state index in [-0.39, 0.29) is 6.03 Å². The molecule has 1 N–H and O–H groups in total. The van der Waals surface area contributed by atoms with Gasteiger partial charge in [0.25, 0.3) is 0 Å². The zero-order valence-corrected chi connectivity index (χ0v) is 7.21. The predicted octanol–water partition coefficient (Wildman–Crippen LogP) is -0.0608. The molecule has 0 bridgehead atoms. The van der Waals surface area contributed by atoms with Crippen LogP contribution in [0.3, 0.4) is 0 Å². The van der Waals surface area contributed by atoms with Crippen LogP contribution in [0.25, 0.3) is 0 Å². The molecule has 11 heavy (non-hydrogen) atoms. The molecule has 0 saturated heterocycles. The van der Waals surface area contributed by atoms with Crippen molar-refractivity contribution in [1.29, 1.82) is 0 Å². The Morgan fingerprint density at radius 3 is 1.91 bits per heavy atom. The van der Waals surface area contributed by atoms with Crippen LogP contribution in [0.5, 0.6) is 0 Å². The summed E-state index contributed by atoms with van der Waals surface area (Å²) in [5, 5.41) is 2.34. The minimum Gasteiger partial charge on any atom is -0.341 e. The van der Waals surface area contributed by atoms with E-state index in [0.29, 0.717) is 0 Å². The number of amides is 4. The van der Waals surface area contributed by atoms with Crippen molar-refractivity contribution < 1.29 is 9.59 Å². The predicted molar refractivity (Wildman–Crippen MR) is 41.3 cm³/mol. The molecule has 0 aromatic carbocycles. The van der Waals surface area contributed by atoms with Crippen LogP contribution in [-0.4, -0.2) is 50.1 Å². The molecule has 0 aromatic rings. The number of nitrogens with zero attached hydrogens (tertiary/aromatic N) is 2. The molecule has 0 fully saturated rings. The van der Waals surface area contributed by atoms with E-state index >= 15 is 0 Å². The van der Waals surface area contributed by atoms with E-state index in [1.54, 1.807) is 14.1 Å². The van der Waals surface area contributed by atoms with E-state index in [9.17, 15) is 9.59 Å². The maximum absolute atomic E-state index is 11.0. The normalized spacial score (nSPS) is 8.73. The molecule has 0 saturated carbocycles. The molecule has 0 radical (unpaired) electrons. The second-order valence-corrected chi connectivity index (χ2v) is 2.29. The summed E-state index contributed by atoms with van der Waals surface area (Å²) in [6, 6.07) is -0.756. The number of urea groups is 2. The largest absolute Gasteiger partial charge is 0.341 e. The Morgan fingerprint density at radius 1 is 1.18 bits per heavy atom. The molecular weight excluding hydrogens is 146 g/mol. The van der Waals surface area contributed by atoms with Gasteiger partial charge in [0.05, 0.1) is 0 Å². The van der Waals surface area contributed by atoms with E-state index in [1.807, 2.05) is 0 Å². The van der Waals surface area contributed by atoms with Gasteiger partial charge in [-0.1, -0.05) is 0 Å². The maximum atomic E-state index is 11.0. The van der Waals surface area contributed by atoms with Crippen molar-refractivity contribution in [2.45, 2.75) is 0 Å². The van der Waals surface area contributed by atoms with Crippen molar-refractivity contribution in [2.75, 3.05) is 28.2 Å². The van der Waals surface area contributed by atoms with Gasteiger partial charge in [-0.3, -0.25) is 0 Å². The third-order valence-corrected chi connectivity index (χ3v) is 1.19. The smallest absolute Gasteiger partial charge is 0.327 e. The Bertz CT molecular complexity index is 167. The number of hydrogen-bond acceptors (Lipinski definition) is 2. The van der Waals surface area contributed by atoms with Crippen molar-refractivity contribution >= 4 is 12.1 Å². The maximum Gasteiger partial charge on any atom is 0.327 e. The molecule has 5 heteroatoms. The van der Waals surface area contributed by atoms with E-state index in [4.69, 9.17) is 0 Å². The van der Waals surface area contributed by atoms with Crippen LogP contribution in [0, 0.1) is 0 Å². The molecule has 0 heterocycles. The fourth-order valence-corrected chi connectivity index (χ4v) is 0.555. The first-order valence-corrected chi connectivity index (χ1v) is 3.17. The fourth-order valence-electron chi connectivity index (χ4n) is 0.555. The van der Waals surface area contributed by atoms with Crippen molar-refractivity contribution in [3.63, 3.8) is 0 Å². The summed E-state index contributed by atoms with van der Waals surface area (Å²) in [7, 11) is 6.06. The van der Waals surface area contributed by atoms with Crippen LogP contribution < -0.4 is 5.32 Å². The number of rotatable bonds is 0. The molecule has 0 spiro atoms. The Balaban J connectivity index is 4.13. The van der Waals surface area contributed by atoms with Gasteiger partial charge in [0.15, 0.2) is 0 Å². The van der Waals surface area contributed by atoms with Crippen LogP contribution in [0.4, 0.5) is 9.59 Å². The molecule has 5 nitrogen and oxygen atoms in total. The average Bonchev–Trinajstić information content (AvgIpc) is 2.00. The first-order valence-electron chi connectivity index (χ1n) is 3.17. The molecule has 64 valence electrons. The van der Waals surface area contributed by atoms with Crippen LogP contribution in [0.2, 0.25) is 0 Å². The van der Waals surface area contributed by atoms with Crippen LogP contribution >= 0.6 is 0 Å². The molecule has 0 aliphatic heterocycles. The third-order valence-electron chi connectivity index (χ3n) is 1.19. The number of imide groups is 1. The van der Waals surface area contributed by atoms with Gasteiger partial charge in [0.2, 0.25) is 0 Å². The number of carbonyl (C=O) groups is 2. The quantitative estimate of drug-likeness (QED) is 0.538. The highest BCUT2D eigenvalue weighted by Gasteiger charge is 2.15.